The standard InChI is InChI=1S/C23H27ClN4O3S/c24-16-4-2-14(3-5-16)15-10-17-6-7-18(11-15)28(17)22-25-20(27-23(12-29)8-1-9-23)19-21(26-22)31-13-32(19)30/h2-5,15,17-18,29H,1,6-13H2,(H,25,26,27)/t15?,17?,18?,32-/m1/s1. The Morgan fingerprint density at radius 1 is 1.19 bits per heavy atom. The van der Waals surface area contributed by atoms with E-state index >= 15 is 0 Å². The molecule has 9 heteroatoms. The van der Waals surface area contributed by atoms with E-state index in [9.17, 15) is 9.32 Å². The van der Waals surface area contributed by atoms with Gasteiger partial charge in [-0.1, -0.05) is 23.7 Å². The van der Waals surface area contributed by atoms with Gasteiger partial charge in [-0.15, -0.1) is 0 Å². The van der Waals surface area contributed by atoms with Crippen molar-refractivity contribution in [1.29, 1.82) is 0 Å². The minimum Gasteiger partial charge on any atom is -0.463 e. The van der Waals surface area contributed by atoms with E-state index < -0.39 is 10.8 Å². The van der Waals surface area contributed by atoms with Crippen molar-refractivity contribution < 1.29 is 14.1 Å². The Morgan fingerprint density at radius 2 is 1.91 bits per heavy atom. The fraction of sp³-hybridized carbons (Fsp3) is 0.565. The van der Waals surface area contributed by atoms with Crippen molar-refractivity contribution in [2.45, 2.75) is 73.4 Å². The second-order valence-corrected chi connectivity index (χ2v) is 11.3. The summed E-state index contributed by atoms with van der Waals surface area (Å²) in [5, 5.41) is 14.1. The number of halogens is 1. The Hall–Kier alpha value is -1.90. The number of hydrogen-bond donors (Lipinski definition) is 2. The van der Waals surface area contributed by atoms with Crippen LogP contribution in [-0.4, -0.2) is 49.5 Å². The number of aliphatic hydroxyl groups is 1. The highest BCUT2D eigenvalue weighted by molar-refractivity contribution is 7.85. The molecule has 2 bridgehead atoms. The van der Waals surface area contributed by atoms with E-state index in [1.807, 2.05) is 12.1 Å². The van der Waals surface area contributed by atoms with Crippen molar-refractivity contribution in [2.24, 2.45) is 0 Å². The molecule has 4 aliphatic rings. The fourth-order valence-electron chi connectivity index (χ4n) is 5.78. The molecule has 4 heterocycles. The Balaban J connectivity index is 1.31. The average Bonchev–Trinajstić information content (AvgIpc) is 3.27. The van der Waals surface area contributed by atoms with Crippen molar-refractivity contribution in [1.82, 2.24) is 9.97 Å². The lowest BCUT2D eigenvalue weighted by atomic mass is 9.77. The lowest BCUT2D eigenvalue weighted by molar-refractivity contribution is 0.143. The zero-order valence-electron chi connectivity index (χ0n) is 17.8. The quantitative estimate of drug-likeness (QED) is 0.680. The summed E-state index contributed by atoms with van der Waals surface area (Å²) in [6.07, 6.45) is 7.15. The summed E-state index contributed by atoms with van der Waals surface area (Å²) in [4.78, 5) is 12.5. The van der Waals surface area contributed by atoms with Gasteiger partial charge in [-0.2, -0.15) is 9.97 Å². The van der Waals surface area contributed by atoms with Gasteiger partial charge in [0.2, 0.25) is 11.8 Å². The number of piperidine rings is 1. The Bertz CT molecular complexity index is 1040. The van der Waals surface area contributed by atoms with E-state index in [0.717, 1.165) is 50.0 Å². The van der Waals surface area contributed by atoms with E-state index in [4.69, 9.17) is 26.3 Å². The summed E-state index contributed by atoms with van der Waals surface area (Å²) in [5.74, 6) is 2.25. The molecule has 0 radical (unpaired) electrons. The molecule has 1 aromatic carbocycles. The van der Waals surface area contributed by atoms with Crippen molar-refractivity contribution in [3.63, 3.8) is 0 Å². The van der Waals surface area contributed by atoms with Gasteiger partial charge in [0.1, 0.15) is 15.7 Å². The molecule has 7 nitrogen and oxygen atoms in total. The lowest BCUT2D eigenvalue weighted by Crippen LogP contribution is -2.49. The largest absolute Gasteiger partial charge is 0.463 e. The molecule has 2 aromatic rings. The molecule has 0 spiro atoms. The van der Waals surface area contributed by atoms with Crippen LogP contribution in [-0.2, 0) is 10.8 Å². The summed E-state index contributed by atoms with van der Waals surface area (Å²) in [5.41, 5.74) is 0.962. The molecular weight excluding hydrogens is 448 g/mol. The highest BCUT2D eigenvalue weighted by Crippen LogP contribution is 2.46. The van der Waals surface area contributed by atoms with Crippen molar-refractivity contribution in [3.05, 3.63) is 34.9 Å². The van der Waals surface area contributed by atoms with Crippen molar-refractivity contribution in [3.8, 4) is 5.88 Å². The van der Waals surface area contributed by atoms with Crippen LogP contribution in [0.1, 0.15) is 56.4 Å². The maximum Gasteiger partial charge on any atom is 0.238 e. The molecule has 170 valence electrons. The number of hydrogen-bond acceptors (Lipinski definition) is 7. The summed E-state index contributed by atoms with van der Waals surface area (Å²) in [6, 6.07) is 8.96. The smallest absolute Gasteiger partial charge is 0.238 e. The van der Waals surface area contributed by atoms with E-state index in [-0.39, 0.29) is 18.1 Å². The van der Waals surface area contributed by atoms with Crippen LogP contribution in [0.15, 0.2) is 29.2 Å². The third-order valence-corrected chi connectivity index (χ3v) is 9.06. The first-order valence-electron chi connectivity index (χ1n) is 11.4. The number of aromatic nitrogens is 2. The van der Waals surface area contributed by atoms with Crippen molar-refractivity contribution in [2.75, 3.05) is 22.8 Å². The normalized spacial score (nSPS) is 29.9. The second kappa shape index (κ2) is 7.85. The topological polar surface area (TPSA) is 87.6 Å². The fourth-order valence-corrected chi connectivity index (χ4v) is 6.85. The molecule has 2 saturated heterocycles. The number of ether oxygens (including phenoxy) is 1. The van der Waals surface area contributed by atoms with Gasteiger partial charge in [-0.05, 0) is 68.6 Å². The molecule has 0 amide bonds. The van der Waals surface area contributed by atoms with Crippen LogP contribution in [0.2, 0.25) is 5.02 Å². The maximum absolute atomic E-state index is 12.6. The first-order chi connectivity index (χ1) is 15.5. The summed E-state index contributed by atoms with van der Waals surface area (Å²) >= 11 is 6.09. The first kappa shape index (κ1) is 20.7. The van der Waals surface area contributed by atoms with Gasteiger partial charge in [-0.25, -0.2) is 0 Å². The van der Waals surface area contributed by atoms with E-state index in [1.54, 1.807) is 0 Å². The van der Waals surface area contributed by atoms with E-state index in [1.165, 1.54) is 5.56 Å². The van der Waals surface area contributed by atoms with Crippen LogP contribution in [0.4, 0.5) is 11.8 Å². The molecule has 3 aliphatic heterocycles. The summed E-state index contributed by atoms with van der Waals surface area (Å²) in [7, 11) is -1.29. The molecule has 3 atom stereocenters. The van der Waals surface area contributed by atoms with Gasteiger partial charge in [-0.3, -0.25) is 4.21 Å². The van der Waals surface area contributed by atoms with E-state index in [2.05, 4.69) is 22.3 Å². The Kier molecular flexibility index (Phi) is 5.08. The van der Waals surface area contributed by atoms with Crippen LogP contribution >= 0.6 is 11.6 Å². The number of fused-ring (bicyclic) bond motifs is 3. The number of aliphatic hydroxyl groups excluding tert-OH is 1. The zero-order valence-corrected chi connectivity index (χ0v) is 19.4. The highest BCUT2D eigenvalue weighted by Gasteiger charge is 2.44. The number of rotatable bonds is 5. The van der Waals surface area contributed by atoms with Gasteiger partial charge in [0.15, 0.2) is 11.8 Å². The molecular formula is C23H27ClN4O3S. The SMILES string of the molecule is O=[S@@]1COc2nc(N3C4CCC3CC(c3ccc(Cl)cc3)C4)nc(NC3(CO)CCC3)c21. The summed E-state index contributed by atoms with van der Waals surface area (Å²) in [6.45, 7) is 0.0341. The van der Waals surface area contributed by atoms with Gasteiger partial charge in [0.25, 0.3) is 0 Å². The molecule has 2 N–H and O–H groups in total. The number of nitrogens with one attached hydrogen (secondary N) is 1. The van der Waals surface area contributed by atoms with Gasteiger partial charge in [0.05, 0.1) is 12.1 Å². The molecule has 1 aliphatic carbocycles. The average molecular weight is 475 g/mol. The van der Waals surface area contributed by atoms with Crippen molar-refractivity contribution >= 4 is 34.2 Å². The first-order valence-corrected chi connectivity index (χ1v) is 13.1. The molecule has 32 heavy (non-hydrogen) atoms. The third kappa shape index (κ3) is 3.38. The van der Waals surface area contributed by atoms with Crippen LogP contribution in [0.3, 0.4) is 0 Å². The molecule has 6 rings (SSSR count). The van der Waals surface area contributed by atoms with Crippen LogP contribution in [0.25, 0.3) is 0 Å². The zero-order chi connectivity index (χ0) is 21.9. The monoisotopic (exact) mass is 474 g/mol. The lowest BCUT2D eigenvalue weighted by Gasteiger charge is -2.42. The molecule has 2 unspecified atom stereocenters. The number of anilines is 2. The van der Waals surface area contributed by atoms with Gasteiger partial charge < -0.3 is 20.1 Å². The van der Waals surface area contributed by atoms with Gasteiger partial charge in [0, 0.05) is 17.1 Å². The predicted molar refractivity (Wildman–Crippen MR) is 124 cm³/mol. The minimum absolute atomic E-state index is 0.0341. The number of benzene rings is 1. The molecule has 1 saturated carbocycles. The van der Waals surface area contributed by atoms with Crippen LogP contribution in [0, 0.1) is 0 Å². The van der Waals surface area contributed by atoms with Crippen LogP contribution < -0.4 is 15.0 Å². The van der Waals surface area contributed by atoms with Gasteiger partial charge >= 0.3 is 0 Å². The maximum atomic E-state index is 12.6. The minimum atomic E-state index is -1.29. The summed E-state index contributed by atoms with van der Waals surface area (Å²) < 4.78 is 18.3. The molecule has 1 aromatic heterocycles. The highest BCUT2D eigenvalue weighted by atomic mass is 35.5. The predicted octanol–water partition coefficient (Wildman–Crippen LogP) is 3.83. The van der Waals surface area contributed by atoms with E-state index in [0.29, 0.717) is 40.5 Å². The Labute approximate surface area is 195 Å². The second-order valence-electron chi connectivity index (χ2n) is 9.54. The molecule has 3 fully saturated rings. The number of nitrogens with zero attached hydrogens (tertiary/aromatic N) is 3. The Morgan fingerprint density at radius 3 is 2.53 bits per heavy atom. The third-order valence-electron chi connectivity index (χ3n) is 7.66. The van der Waals surface area contributed by atoms with Crippen LogP contribution in [0.5, 0.6) is 5.88 Å².